The topological polar surface area (TPSA) is 89.1 Å². The van der Waals surface area contributed by atoms with Crippen molar-refractivity contribution in [2.75, 3.05) is 26.7 Å². The lowest BCUT2D eigenvalue weighted by Crippen LogP contribution is -2.53. The Balaban J connectivity index is 0.00000256. The number of imide groups is 1. The van der Waals surface area contributed by atoms with E-state index in [-0.39, 0.29) is 42.5 Å². The summed E-state index contributed by atoms with van der Waals surface area (Å²) in [6, 6.07) is 12.0. The zero-order chi connectivity index (χ0) is 20.2. The van der Waals surface area contributed by atoms with Gasteiger partial charge in [0.15, 0.2) is 5.96 Å². The van der Waals surface area contributed by atoms with Gasteiger partial charge in [-0.3, -0.25) is 19.6 Å². The highest BCUT2D eigenvalue weighted by Gasteiger charge is 2.40. The molecule has 0 spiro atoms. The van der Waals surface area contributed by atoms with E-state index in [9.17, 15) is 9.59 Å². The minimum Gasteiger partial charge on any atom is -0.355 e. The van der Waals surface area contributed by atoms with Gasteiger partial charge in [-0.25, -0.2) is 4.79 Å². The van der Waals surface area contributed by atoms with Crippen LogP contribution in [0.15, 0.2) is 35.3 Å². The largest absolute Gasteiger partial charge is 0.355 e. The van der Waals surface area contributed by atoms with Gasteiger partial charge in [-0.05, 0) is 31.2 Å². The Labute approximate surface area is 194 Å². The number of hydrogen-bond acceptors (Lipinski definition) is 4. The molecule has 3 N–H and O–H groups in total. The standard InChI is InChI=1S/C21H30N6O2.HI/c1-22-20(23-9-10-26-19(28)13-24-21(26)29)25-16-11-17-7-8-18(12-16)27(17)14-15-5-3-2-4-6-15;/h2-6,16-18H,7-14H2,1H3,(H,24,29)(H2,22,23,25);1H. The van der Waals surface area contributed by atoms with Gasteiger partial charge in [0.2, 0.25) is 5.91 Å². The Hall–Kier alpha value is -1.88. The second-order valence-electron chi connectivity index (χ2n) is 8.06. The van der Waals surface area contributed by atoms with Gasteiger partial charge >= 0.3 is 6.03 Å². The van der Waals surface area contributed by atoms with Crippen molar-refractivity contribution in [2.45, 2.75) is 50.4 Å². The second kappa shape index (κ2) is 10.4. The molecule has 3 saturated heterocycles. The van der Waals surface area contributed by atoms with E-state index in [1.54, 1.807) is 7.05 Å². The Morgan fingerprint density at radius 3 is 2.47 bits per heavy atom. The van der Waals surface area contributed by atoms with Crippen LogP contribution >= 0.6 is 24.0 Å². The number of carbonyl (C=O) groups is 2. The van der Waals surface area contributed by atoms with E-state index < -0.39 is 0 Å². The SMILES string of the molecule is CN=C(NCCN1C(=O)CNC1=O)NC1CC2CCC(C1)N2Cc1ccccc1.I. The van der Waals surface area contributed by atoms with Gasteiger partial charge in [0.1, 0.15) is 0 Å². The molecule has 3 aliphatic rings. The zero-order valence-corrected chi connectivity index (χ0v) is 19.7. The Bertz CT molecular complexity index is 744. The molecular formula is C21H31IN6O2. The predicted octanol–water partition coefficient (Wildman–Crippen LogP) is 1.52. The highest BCUT2D eigenvalue weighted by atomic mass is 127. The van der Waals surface area contributed by atoms with Crippen LogP contribution in [0.2, 0.25) is 0 Å². The van der Waals surface area contributed by atoms with Gasteiger partial charge in [-0.2, -0.15) is 0 Å². The molecule has 0 radical (unpaired) electrons. The van der Waals surface area contributed by atoms with E-state index in [0.29, 0.717) is 31.2 Å². The summed E-state index contributed by atoms with van der Waals surface area (Å²) in [5.41, 5.74) is 1.38. The number of nitrogens with zero attached hydrogens (tertiary/aromatic N) is 3. The van der Waals surface area contributed by atoms with E-state index in [1.807, 2.05) is 0 Å². The average molecular weight is 526 g/mol. The highest BCUT2D eigenvalue weighted by Crippen LogP contribution is 2.36. The van der Waals surface area contributed by atoms with E-state index in [4.69, 9.17) is 0 Å². The number of fused-ring (bicyclic) bond motifs is 2. The summed E-state index contributed by atoms with van der Waals surface area (Å²) in [5, 5.41) is 9.32. The quantitative estimate of drug-likeness (QED) is 0.227. The maximum Gasteiger partial charge on any atom is 0.324 e. The summed E-state index contributed by atoms with van der Waals surface area (Å²) >= 11 is 0. The van der Waals surface area contributed by atoms with Crippen LogP contribution in [-0.2, 0) is 11.3 Å². The lowest BCUT2D eigenvalue weighted by molar-refractivity contribution is -0.124. The summed E-state index contributed by atoms with van der Waals surface area (Å²) in [5.74, 6) is 0.556. The monoisotopic (exact) mass is 526 g/mol. The molecule has 0 aliphatic carbocycles. The molecule has 2 unspecified atom stereocenters. The fraction of sp³-hybridized carbons (Fsp3) is 0.571. The van der Waals surface area contributed by atoms with Crippen molar-refractivity contribution in [3.05, 3.63) is 35.9 Å². The van der Waals surface area contributed by atoms with Crippen LogP contribution in [0.4, 0.5) is 4.79 Å². The molecule has 9 heteroatoms. The van der Waals surface area contributed by atoms with Crippen LogP contribution in [0.5, 0.6) is 0 Å². The molecule has 0 saturated carbocycles. The first-order chi connectivity index (χ1) is 14.1. The molecule has 3 heterocycles. The van der Waals surface area contributed by atoms with E-state index in [1.165, 1.54) is 23.3 Å². The van der Waals surface area contributed by atoms with Crippen molar-refractivity contribution in [1.82, 2.24) is 25.8 Å². The van der Waals surface area contributed by atoms with Crippen LogP contribution in [0, 0.1) is 0 Å². The fourth-order valence-corrected chi connectivity index (χ4v) is 4.80. The number of nitrogens with one attached hydrogen (secondary N) is 3. The number of urea groups is 1. The number of amides is 3. The molecule has 1 aromatic rings. The number of carbonyl (C=O) groups excluding carboxylic acids is 2. The van der Waals surface area contributed by atoms with Gasteiger partial charge in [0.05, 0.1) is 6.54 Å². The number of hydrogen-bond donors (Lipinski definition) is 3. The lowest BCUT2D eigenvalue weighted by Gasteiger charge is -2.39. The molecule has 0 aromatic heterocycles. The van der Waals surface area contributed by atoms with Gasteiger partial charge in [0, 0.05) is 44.8 Å². The molecule has 3 amide bonds. The summed E-state index contributed by atoms with van der Waals surface area (Å²) in [6.07, 6.45) is 4.73. The number of rotatable bonds is 6. The molecule has 3 aliphatic heterocycles. The first kappa shape index (κ1) is 22.8. The third kappa shape index (κ3) is 5.23. The first-order valence-corrected chi connectivity index (χ1v) is 10.5. The van der Waals surface area contributed by atoms with Crippen molar-refractivity contribution in [2.24, 2.45) is 4.99 Å². The van der Waals surface area contributed by atoms with Crippen molar-refractivity contribution >= 4 is 41.9 Å². The van der Waals surface area contributed by atoms with E-state index in [0.717, 1.165) is 25.3 Å². The molecule has 4 rings (SSSR count). The van der Waals surface area contributed by atoms with Gasteiger partial charge in [0.25, 0.3) is 0 Å². The van der Waals surface area contributed by atoms with Crippen molar-refractivity contribution in [3.8, 4) is 0 Å². The molecule has 2 bridgehead atoms. The lowest BCUT2D eigenvalue weighted by atomic mass is 9.96. The Morgan fingerprint density at radius 1 is 1.17 bits per heavy atom. The van der Waals surface area contributed by atoms with Crippen molar-refractivity contribution in [3.63, 3.8) is 0 Å². The van der Waals surface area contributed by atoms with Crippen LogP contribution in [0.25, 0.3) is 0 Å². The summed E-state index contributed by atoms with van der Waals surface area (Å²) in [6.45, 7) is 1.95. The summed E-state index contributed by atoms with van der Waals surface area (Å²) < 4.78 is 0. The Morgan fingerprint density at radius 2 is 1.87 bits per heavy atom. The van der Waals surface area contributed by atoms with Crippen LogP contribution in [-0.4, -0.2) is 72.5 Å². The third-order valence-corrected chi connectivity index (χ3v) is 6.22. The molecule has 2 atom stereocenters. The zero-order valence-electron chi connectivity index (χ0n) is 17.3. The molecule has 30 heavy (non-hydrogen) atoms. The first-order valence-electron chi connectivity index (χ1n) is 10.5. The Kier molecular flexibility index (Phi) is 7.93. The van der Waals surface area contributed by atoms with Crippen molar-refractivity contribution in [1.29, 1.82) is 0 Å². The average Bonchev–Trinajstić information content (AvgIpc) is 3.16. The van der Waals surface area contributed by atoms with Crippen molar-refractivity contribution < 1.29 is 9.59 Å². The number of guanidine groups is 1. The molecule has 8 nitrogen and oxygen atoms in total. The number of piperidine rings is 1. The second-order valence-corrected chi connectivity index (χ2v) is 8.06. The minimum atomic E-state index is -0.317. The molecular weight excluding hydrogens is 495 g/mol. The van der Waals surface area contributed by atoms with Crippen LogP contribution < -0.4 is 16.0 Å². The maximum absolute atomic E-state index is 11.7. The maximum atomic E-state index is 11.7. The van der Waals surface area contributed by atoms with Crippen LogP contribution in [0.3, 0.4) is 0 Å². The number of aliphatic imine (C=N–C) groups is 1. The number of benzene rings is 1. The third-order valence-electron chi connectivity index (χ3n) is 6.22. The molecule has 3 fully saturated rings. The number of halogens is 1. The highest BCUT2D eigenvalue weighted by molar-refractivity contribution is 14.0. The van der Waals surface area contributed by atoms with E-state index >= 15 is 0 Å². The molecule has 1 aromatic carbocycles. The fourth-order valence-electron chi connectivity index (χ4n) is 4.80. The van der Waals surface area contributed by atoms with Gasteiger partial charge in [-0.1, -0.05) is 30.3 Å². The smallest absolute Gasteiger partial charge is 0.324 e. The van der Waals surface area contributed by atoms with Gasteiger partial charge < -0.3 is 16.0 Å². The summed E-state index contributed by atoms with van der Waals surface area (Å²) in [7, 11) is 1.75. The van der Waals surface area contributed by atoms with Gasteiger partial charge in [-0.15, -0.1) is 24.0 Å². The van der Waals surface area contributed by atoms with Crippen LogP contribution in [0.1, 0.15) is 31.2 Å². The normalized spacial score (nSPS) is 26.4. The molecule has 164 valence electrons. The van der Waals surface area contributed by atoms with E-state index in [2.05, 4.69) is 56.2 Å². The predicted molar refractivity (Wildman–Crippen MR) is 127 cm³/mol. The summed E-state index contributed by atoms with van der Waals surface area (Å²) in [4.78, 5) is 31.5. The minimum absolute atomic E-state index is 0.